The van der Waals surface area contributed by atoms with Crippen molar-refractivity contribution in [3.05, 3.63) is 70.1 Å². The highest BCUT2D eigenvalue weighted by molar-refractivity contribution is 9.10. The Balaban J connectivity index is 2.05. The summed E-state index contributed by atoms with van der Waals surface area (Å²) >= 11 is 3.27. The highest BCUT2D eigenvalue weighted by Crippen LogP contribution is 2.32. The minimum atomic E-state index is -0.803. The number of carbonyl (C=O) groups excluding carboxylic acids is 2. The molecule has 3 rings (SSSR count). The SMILES string of the molecule is O=C1C(O)=C(c2ccc(F)cc2)C(=O)N1c1cccc(Br)c1. The van der Waals surface area contributed by atoms with Crippen LogP contribution in [0.3, 0.4) is 0 Å². The van der Waals surface area contributed by atoms with Crippen LogP contribution in [0.2, 0.25) is 0 Å². The molecule has 1 aliphatic heterocycles. The van der Waals surface area contributed by atoms with Crippen LogP contribution in [0.5, 0.6) is 0 Å². The maximum Gasteiger partial charge on any atom is 0.301 e. The molecular weight excluding hydrogens is 353 g/mol. The average Bonchev–Trinajstić information content (AvgIpc) is 2.71. The first-order chi connectivity index (χ1) is 10.5. The van der Waals surface area contributed by atoms with Gasteiger partial charge < -0.3 is 5.11 Å². The van der Waals surface area contributed by atoms with Gasteiger partial charge in [0, 0.05) is 4.47 Å². The van der Waals surface area contributed by atoms with Gasteiger partial charge in [-0.1, -0.05) is 34.1 Å². The van der Waals surface area contributed by atoms with Crippen molar-refractivity contribution < 1.29 is 19.1 Å². The van der Waals surface area contributed by atoms with Crippen LogP contribution in [-0.4, -0.2) is 16.9 Å². The predicted molar refractivity (Wildman–Crippen MR) is 82.6 cm³/mol. The van der Waals surface area contributed by atoms with E-state index in [0.717, 1.165) is 17.0 Å². The van der Waals surface area contributed by atoms with Gasteiger partial charge >= 0.3 is 5.91 Å². The van der Waals surface area contributed by atoms with Crippen LogP contribution in [-0.2, 0) is 9.59 Å². The number of anilines is 1. The number of aliphatic hydroxyl groups is 1. The molecule has 0 saturated carbocycles. The van der Waals surface area contributed by atoms with Gasteiger partial charge in [-0.05, 0) is 35.9 Å². The third-order valence-corrected chi connectivity index (χ3v) is 3.75. The Morgan fingerprint density at radius 1 is 1.00 bits per heavy atom. The van der Waals surface area contributed by atoms with Gasteiger partial charge in [0.2, 0.25) is 0 Å². The van der Waals surface area contributed by atoms with E-state index in [-0.39, 0.29) is 11.1 Å². The number of rotatable bonds is 2. The van der Waals surface area contributed by atoms with E-state index in [9.17, 15) is 19.1 Å². The van der Waals surface area contributed by atoms with E-state index in [1.54, 1.807) is 24.3 Å². The highest BCUT2D eigenvalue weighted by atomic mass is 79.9. The first-order valence-electron chi connectivity index (χ1n) is 6.32. The second-order valence-corrected chi connectivity index (χ2v) is 5.57. The minimum absolute atomic E-state index is 0.134. The molecule has 1 aliphatic rings. The number of amides is 2. The summed E-state index contributed by atoms with van der Waals surface area (Å²) in [6.45, 7) is 0. The number of aliphatic hydroxyl groups excluding tert-OH is 1. The van der Waals surface area contributed by atoms with Gasteiger partial charge in [0.15, 0.2) is 5.76 Å². The largest absolute Gasteiger partial charge is 0.502 e. The molecule has 2 aromatic rings. The molecule has 2 aromatic carbocycles. The number of carbonyl (C=O) groups is 2. The molecule has 0 aliphatic carbocycles. The lowest BCUT2D eigenvalue weighted by molar-refractivity contribution is -0.121. The lowest BCUT2D eigenvalue weighted by Gasteiger charge is -2.14. The number of hydrogen-bond donors (Lipinski definition) is 1. The van der Waals surface area contributed by atoms with Gasteiger partial charge in [-0.2, -0.15) is 0 Å². The maximum atomic E-state index is 13.0. The Morgan fingerprint density at radius 2 is 1.68 bits per heavy atom. The van der Waals surface area contributed by atoms with Crippen molar-refractivity contribution >= 4 is 39.0 Å². The van der Waals surface area contributed by atoms with Crippen LogP contribution in [0.1, 0.15) is 5.56 Å². The van der Waals surface area contributed by atoms with E-state index in [1.807, 2.05) is 0 Å². The molecule has 110 valence electrons. The average molecular weight is 362 g/mol. The molecule has 0 aromatic heterocycles. The zero-order valence-electron chi connectivity index (χ0n) is 11.1. The lowest BCUT2D eigenvalue weighted by Crippen LogP contribution is -2.31. The van der Waals surface area contributed by atoms with Crippen LogP contribution in [0.15, 0.2) is 58.8 Å². The second kappa shape index (κ2) is 5.38. The van der Waals surface area contributed by atoms with Gasteiger partial charge in [0.25, 0.3) is 5.91 Å². The smallest absolute Gasteiger partial charge is 0.301 e. The predicted octanol–water partition coefficient (Wildman–Crippen LogP) is 3.43. The summed E-state index contributed by atoms with van der Waals surface area (Å²) in [4.78, 5) is 25.6. The minimum Gasteiger partial charge on any atom is -0.502 e. The van der Waals surface area contributed by atoms with E-state index in [2.05, 4.69) is 15.9 Å². The molecule has 22 heavy (non-hydrogen) atoms. The van der Waals surface area contributed by atoms with Crippen molar-refractivity contribution in [3.8, 4) is 0 Å². The van der Waals surface area contributed by atoms with Crippen LogP contribution >= 0.6 is 15.9 Å². The summed E-state index contributed by atoms with van der Waals surface area (Å²) in [6.07, 6.45) is 0. The summed E-state index contributed by atoms with van der Waals surface area (Å²) in [5.74, 6) is -2.56. The van der Waals surface area contributed by atoms with Gasteiger partial charge in [-0.3, -0.25) is 9.59 Å². The molecule has 1 heterocycles. The van der Waals surface area contributed by atoms with Crippen molar-refractivity contribution in [3.63, 3.8) is 0 Å². The Morgan fingerprint density at radius 3 is 2.32 bits per heavy atom. The Labute approximate surface area is 133 Å². The summed E-state index contributed by atoms with van der Waals surface area (Å²) in [7, 11) is 0. The summed E-state index contributed by atoms with van der Waals surface area (Å²) < 4.78 is 13.7. The zero-order chi connectivity index (χ0) is 15.9. The van der Waals surface area contributed by atoms with E-state index < -0.39 is 23.4 Å². The van der Waals surface area contributed by atoms with E-state index in [0.29, 0.717) is 10.2 Å². The first kappa shape index (κ1) is 14.5. The standard InChI is InChI=1S/C16H9BrFNO3/c17-10-2-1-3-12(8-10)19-15(21)13(14(20)16(19)22)9-4-6-11(18)7-5-9/h1-8,20H. The third kappa shape index (κ3) is 2.31. The van der Waals surface area contributed by atoms with Crippen molar-refractivity contribution in [2.24, 2.45) is 0 Å². The summed E-state index contributed by atoms with van der Waals surface area (Å²) in [6, 6.07) is 11.6. The van der Waals surface area contributed by atoms with Gasteiger partial charge in [0.1, 0.15) is 5.82 Å². The van der Waals surface area contributed by atoms with Gasteiger partial charge in [-0.15, -0.1) is 0 Å². The van der Waals surface area contributed by atoms with E-state index >= 15 is 0 Å². The molecule has 0 saturated heterocycles. The number of nitrogens with zero attached hydrogens (tertiary/aromatic N) is 1. The summed E-state index contributed by atoms with van der Waals surface area (Å²) in [5, 5.41) is 10.0. The quantitative estimate of drug-likeness (QED) is 0.833. The van der Waals surface area contributed by atoms with Crippen LogP contribution < -0.4 is 4.90 Å². The molecule has 0 radical (unpaired) electrons. The van der Waals surface area contributed by atoms with Gasteiger partial charge in [-0.25, -0.2) is 9.29 Å². The van der Waals surface area contributed by atoms with Crippen molar-refractivity contribution in [1.29, 1.82) is 0 Å². The highest BCUT2D eigenvalue weighted by Gasteiger charge is 2.40. The molecule has 0 bridgehead atoms. The number of halogens is 2. The van der Waals surface area contributed by atoms with E-state index in [4.69, 9.17) is 0 Å². The molecule has 4 nitrogen and oxygen atoms in total. The Kier molecular flexibility index (Phi) is 3.54. The number of imide groups is 1. The number of benzene rings is 2. The second-order valence-electron chi connectivity index (χ2n) is 4.66. The molecule has 1 N–H and O–H groups in total. The van der Waals surface area contributed by atoms with Crippen molar-refractivity contribution in [1.82, 2.24) is 0 Å². The first-order valence-corrected chi connectivity index (χ1v) is 7.12. The number of hydrogen-bond acceptors (Lipinski definition) is 3. The fourth-order valence-electron chi connectivity index (χ4n) is 2.24. The van der Waals surface area contributed by atoms with Crippen LogP contribution in [0.25, 0.3) is 5.57 Å². The molecule has 0 atom stereocenters. The van der Waals surface area contributed by atoms with Crippen molar-refractivity contribution in [2.45, 2.75) is 0 Å². The molecule has 0 spiro atoms. The van der Waals surface area contributed by atoms with Crippen LogP contribution in [0, 0.1) is 5.82 Å². The summed E-state index contributed by atoms with van der Waals surface area (Å²) in [5.41, 5.74) is 0.493. The topological polar surface area (TPSA) is 57.6 Å². The lowest BCUT2D eigenvalue weighted by atomic mass is 10.1. The van der Waals surface area contributed by atoms with Gasteiger partial charge in [0.05, 0.1) is 11.3 Å². The molecular formula is C16H9BrFNO3. The molecule has 6 heteroatoms. The monoisotopic (exact) mass is 361 g/mol. The normalized spacial score (nSPS) is 14.9. The fraction of sp³-hybridized carbons (Fsp3) is 0. The van der Waals surface area contributed by atoms with E-state index in [1.165, 1.54) is 12.1 Å². The fourth-order valence-corrected chi connectivity index (χ4v) is 2.63. The molecule has 2 amide bonds. The Hall–Kier alpha value is -2.47. The third-order valence-electron chi connectivity index (χ3n) is 3.26. The molecule has 0 fully saturated rings. The van der Waals surface area contributed by atoms with Crippen LogP contribution in [0.4, 0.5) is 10.1 Å². The Bertz CT molecular complexity index is 814. The van der Waals surface area contributed by atoms with Crippen molar-refractivity contribution in [2.75, 3.05) is 4.90 Å². The zero-order valence-corrected chi connectivity index (χ0v) is 12.7. The molecule has 0 unspecified atom stereocenters. The maximum absolute atomic E-state index is 13.0.